The molecule has 53 heavy (non-hydrogen) atoms. The predicted molar refractivity (Wildman–Crippen MR) is 198 cm³/mol. The first-order valence-electron chi connectivity index (χ1n) is 17.0. The summed E-state index contributed by atoms with van der Waals surface area (Å²) in [4.78, 5) is 36.1. The van der Waals surface area contributed by atoms with E-state index in [1.807, 2.05) is 48.5 Å². The normalized spacial score (nSPS) is 16.9. The number of anilines is 6. The molecule has 0 spiro atoms. The Labute approximate surface area is 305 Å². The van der Waals surface area contributed by atoms with E-state index < -0.39 is 33.6 Å². The lowest BCUT2D eigenvalue weighted by atomic mass is 10.1. The Balaban J connectivity index is 1.02. The Bertz CT molecular complexity index is 2040. The van der Waals surface area contributed by atoms with E-state index in [1.165, 1.54) is 7.05 Å². The maximum atomic E-state index is 13.9. The molecule has 2 amide bonds. The summed E-state index contributed by atoms with van der Waals surface area (Å²) < 4.78 is 66.5. The van der Waals surface area contributed by atoms with Crippen molar-refractivity contribution in [1.82, 2.24) is 20.2 Å². The second-order valence-electron chi connectivity index (χ2n) is 13.0. The highest BCUT2D eigenvalue weighted by Crippen LogP contribution is 2.34. The number of rotatable bonds is 12. The van der Waals surface area contributed by atoms with Gasteiger partial charge in [-0.2, -0.15) is 18.2 Å². The number of benzene rings is 3. The number of nitrogens with one attached hydrogen (secondary N) is 4. The van der Waals surface area contributed by atoms with Crippen molar-refractivity contribution in [2.75, 3.05) is 64.6 Å². The Morgan fingerprint density at radius 3 is 2.30 bits per heavy atom. The Morgan fingerprint density at radius 1 is 0.943 bits per heavy atom. The van der Waals surface area contributed by atoms with Gasteiger partial charge >= 0.3 is 6.18 Å². The van der Waals surface area contributed by atoms with E-state index in [9.17, 15) is 31.2 Å². The molecule has 1 unspecified atom stereocenters. The number of hydrogen-bond donors (Lipinski definition) is 4. The number of imide groups is 1. The number of halogens is 3. The van der Waals surface area contributed by atoms with Gasteiger partial charge in [0.25, 0.3) is 0 Å². The van der Waals surface area contributed by atoms with Gasteiger partial charge in [-0.1, -0.05) is 24.3 Å². The van der Waals surface area contributed by atoms with Gasteiger partial charge in [-0.3, -0.25) is 24.1 Å². The van der Waals surface area contributed by atoms with E-state index in [0.29, 0.717) is 29.8 Å². The molecule has 13 nitrogen and oxygen atoms in total. The third-order valence-corrected chi connectivity index (χ3v) is 10.3. The summed E-state index contributed by atoms with van der Waals surface area (Å²) >= 11 is 0. The van der Waals surface area contributed by atoms with Gasteiger partial charge in [0.1, 0.15) is 17.4 Å². The van der Waals surface area contributed by atoms with Gasteiger partial charge in [-0.05, 0) is 66.1 Å². The van der Waals surface area contributed by atoms with Crippen LogP contribution in [0.3, 0.4) is 0 Å². The molecule has 2 aliphatic heterocycles. The van der Waals surface area contributed by atoms with Gasteiger partial charge in [0.2, 0.25) is 27.8 Å². The zero-order valence-corrected chi connectivity index (χ0v) is 30.0. The van der Waals surface area contributed by atoms with E-state index >= 15 is 0 Å². The molecule has 0 aliphatic carbocycles. The molecule has 2 aliphatic rings. The zero-order valence-electron chi connectivity index (χ0n) is 29.2. The molecule has 1 aromatic heterocycles. The maximum Gasteiger partial charge on any atom is 0.421 e. The van der Waals surface area contributed by atoms with Crippen molar-refractivity contribution in [3.05, 3.63) is 95.7 Å². The molecule has 1 atom stereocenters. The Hall–Kier alpha value is -5.42. The summed E-state index contributed by atoms with van der Waals surface area (Å²) in [6.45, 7) is 4.07. The minimum Gasteiger partial charge on any atom is -0.374 e. The van der Waals surface area contributed by atoms with Crippen molar-refractivity contribution in [3.63, 3.8) is 0 Å². The second kappa shape index (κ2) is 15.7. The molecule has 0 bridgehead atoms. The van der Waals surface area contributed by atoms with Crippen LogP contribution >= 0.6 is 0 Å². The number of amides is 2. The van der Waals surface area contributed by atoms with Crippen molar-refractivity contribution >= 4 is 56.4 Å². The second-order valence-corrected chi connectivity index (χ2v) is 15.0. The highest BCUT2D eigenvalue weighted by molar-refractivity contribution is 7.92. The van der Waals surface area contributed by atoms with Crippen LogP contribution in [0.5, 0.6) is 0 Å². The fourth-order valence-corrected chi connectivity index (χ4v) is 6.57. The number of piperazine rings is 1. The fourth-order valence-electron chi connectivity index (χ4n) is 6.07. The van der Waals surface area contributed by atoms with Gasteiger partial charge in [0.05, 0.1) is 11.9 Å². The number of carbonyl (C=O) groups is 2. The molecular weight excluding hydrogens is 712 g/mol. The molecule has 17 heteroatoms. The fraction of sp³-hybridized carbons (Fsp3) is 0.333. The molecule has 2 saturated heterocycles. The van der Waals surface area contributed by atoms with Gasteiger partial charge < -0.3 is 20.9 Å². The third-order valence-electron chi connectivity index (χ3n) is 9.13. The highest BCUT2D eigenvalue weighted by Gasteiger charge is 2.35. The van der Waals surface area contributed by atoms with Crippen LogP contribution in [-0.4, -0.2) is 80.6 Å². The Morgan fingerprint density at radius 2 is 1.64 bits per heavy atom. The van der Waals surface area contributed by atoms with E-state index in [4.69, 9.17) is 0 Å². The van der Waals surface area contributed by atoms with Crippen LogP contribution in [-0.2, 0) is 38.9 Å². The van der Waals surface area contributed by atoms with Crippen molar-refractivity contribution in [2.24, 2.45) is 0 Å². The van der Waals surface area contributed by atoms with Crippen LogP contribution in [0, 0.1) is 0 Å². The van der Waals surface area contributed by atoms with Gasteiger partial charge in [0, 0.05) is 76.0 Å². The number of aromatic nitrogens is 2. The number of hydrogen-bond acceptors (Lipinski definition) is 11. The van der Waals surface area contributed by atoms with Crippen molar-refractivity contribution < 1.29 is 31.2 Å². The van der Waals surface area contributed by atoms with Crippen LogP contribution in [0.15, 0.2) is 79.0 Å². The van der Waals surface area contributed by atoms with Crippen molar-refractivity contribution in [1.29, 1.82) is 0 Å². The lowest BCUT2D eigenvalue weighted by Gasteiger charge is -2.36. The van der Waals surface area contributed by atoms with E-state index in [-0.39, 0.29) is 24.3 Å². The number of alkyl halides is 3. The highest BCUT2D eigenvalue weighted by atomic mass is 32.2. The summed E-state index contributed by atoms with van der Waals surface area (Å²) in [6, 6.07) is 21.5. The summed E-state index contributed by atoms with van der Waals surface area (Å²) in [7, 11) is -2.12. The van der Waals surface area contributed by atoms with Gasteiger partial charge in [-0.15, -0.1) is 0 Å². The molecule has 3 heterocycles. The summed E-state index contributed by atoms with van der Waals surface area (Å²) in [5, 5.41) is 11.3. The summed E-state index contributed by atoms with van der Waals surface area (Å²) in [5.74, 6) is -0.976. The third kappa shape index (κ3) is 9.72. The first kappa shape index (κ1) is 37.3. The lowest BCUT2D eigenvalue weighted by molar-refractivity contribution is -0.137. The van der Waals surface area contributed by atoms with Crippen LogP contribution in [0.1, 0.15) is 29.5 Å². The van der Waals surface area contributed by atoms with E-state index in [1.54, 1.807) is 24.3 Å². The zero-order chi connectivity index (χ0) is 37.8. The molecule has 4 N–H and O–H groups in total. The number of piperidine rings is 1. The summed E-state index contributed by atoms with van der Waals surface area (Å²) in [6.07, 6.45) is -2.12. The van der Waals surface area contributed by atoms with Gasteiger partial charge in [0.15, 0.2) is 0 Å². The summed E-state index contributed by atoms with van der Waals surface area (Å²) in [5.41, 5.74) is 3.50. The van der Waals surface area contributed by atoms with Crippen molar-refractivity contribution in [3.8, 4) is 0 Å². The first-order valence-corrected chi connectivity index (χ1v) is 18.8. The van der Waals surface area contributed by atoms with Crippen LogP contribution < -0.4 is 30.5 Å². The first-order chi connectivity index (χ1) is 25.2. The number of sulfonamides is 1. The minimum atomic E-state index is -4.70. The maximum absolute atomic E-state index is 13.9. The molecule has 3 aromatic carbocycles. The minimum absolute atomic E-state index is 0.0211. The quantitative estimate of drug-likeness (QED) is 0.148. The van der Waals surface area contributed by atoms with Crippen LogP contribution in [0.2, 0.25) is 0 Å². The number of nitrogens with zero attached hydrogens (tertiary/aromatic N) is 5. The molecular formula is C36H40F3N9O4S. The molecule has 280 valence electrons. The van der Waals surface area contributed by atoms with Crippen LogP contribution in [0.4, 0.5) is 47.7 Å². The van der Waals surface area contributed by atoms with E-state index in [2.05, 4.69) is 41.0 Å². The predicted octanol–water partition coefficient (Wildman–Crippen LogP) is 4.79. The monoisotopic (exact) mass is 751 g/mol. The average Bonchev–Trinajstić information content (AvgIpc) is 3.12. The van der Waals surface area contributed by atoms with Crippen LogP contribution in [0.25, 0.3) is 0 Å². The Kier molecular flexibility index (Phi) is 11.0. The SMILES string of the molecule is CN(c1cccc(CNc2nc(Nc3ccc(N4CCN(Cc5ccc(NC6CCC(=O)NC6=O)cc5)CC4)cc3)ncc2C(F)(F)F)c1)S(C)(=O)=O. The molecule has 0 saturated carbocycles. The van der Waals surface area contributed by atoms with Crippen molar-refractivity contribution in [2.45, 2.75) is 38.1 Å². The average molecular weight is 752 g/mol. The largest absolute Gasteiger partial charge is 0.421 e. The number of carbonyl (C=O) groups excluding carboxylic acids is 2. The molecule has 6 rings (SSSR count). The lowest BCUT2D eigenvalue weighted by Crippen LogP contribution is -2.47. The van der Waals surface area contributed by atoms with E-state index in [0.717, 1.165) is 66.4 Å². The standard InChI is InChI=1S/C36H40F3N9O4S/c1-46(53(2,51)52)29-5-3-4-25(20-29)21-40-33-30(36(37,38)39)22-41-35(45-33)43-27-10-12-28(13-11-27)48-18-16-47(17-19-48)23-24-6-8-26(9-7-24)42-31-14-15-32(49)44-34(31)50/h3-13,20,22,31,42H,14-19,21,23H2,1-2H3,(H,44,49,50)(H2,40,41,43,45). The van der Waals surface area contributed by atoms with Gasteiger partial charge in [-0.25, -0.2) is 13.4 Å². The molecule has 0 radical (unpaired) electrons. The smallest absolute Gasteiger partial charge is 0.374 e. The molecule has 2 fully saturated rings. The molecule has 4 aromatic rings. The topological polar surface area (TPSA) is 152 Å².